The van der Waals surface area contributed by atoms with Gasteiger partial charge in [-0.2, -0.15) is 0 Å². The molecular formula is C21H24N2O4. The van der Waals surface area contributed by atoms with Gasteiger partial charge in [0.05, 0.1) is 12.1 Å². The molecule has 0 radical (unpaired) electrons. The Morgan fingerprint density at radius 3 is 1.63 bits per heavy atom. The Morgan fingerprint density at radius 2 is 1.19 bits per heavy atom. The number of rotatable bonds is 4. The SMILES string of the molecule is O=C1N[C@H](Cc2ccccc2)[C@@H]2OCOCO[C@H]2[C@@H](Cc2ccccc2)N1. The van der Waals surface area contributed by atoms with E-state index in [9.17, 15) is 4.79 Å². The van der Waals surface area contributed by atoms with Gasteiger partial charge in [0.15, 0.2) is 0 Å². The molecule has 6 nitrogen and oxygen atoms in total. The van der Waals surface area contributed by atoms with Gasteiger partial charge in [-0.25, -0.2) is 4.79 Å². The third-order valence-electron chi connectivity index (χ3n) is 5.03. The molecule has 6 heteroatoms. The van der Waals surface area contributed by atoms with Crippen molar-refractivity contribution >= 4 is 6.03 Å². The second-order valence-corrected chi connectivity index (χ2v) is 6.91. The molecule has 0 spiro atoms. The molecule has 27 heavy (non-hydrogen) atoms. The van der Waals surface area contributed by atoms with Gasteiger partial charge in [0.2, 0.25) is 0 Å². The molecule has 2 saturated heterocycles. The van der Waals surface area contributed by atoms with E-state index in [4.69, 9.17) is 14.2 Å². The summed E-state index contributed by atoms with van der Waals surface area (Å²) in [5, 5.41) is 6.12. The molecule has 0 unspecified atom stereocenters. The van der Waals surface area contributed by atoms with E-state index in [2.05, 4.69) is 34.9 Å². The van der Waals surface area contributed by atoms with Crippen molar-refractivity contribution < 1.29 is 19.0 Å². The van der Waals surface area contributed by atoms with Crippen molar-refractivity contribution in [3.8, 4) is 0 Å². The van der Waals surface area contributed by atoms with E-state index in [0.29, 0.717) is 12.8 Å². The average Bonchev–Trinajstić information content (AvgIpc) is 3.00. The maximum absolute atomic E-state index is 12.5. The van der Waals surface area contributed by atoms with Crippen LogP contribution in [0.1, 0.15) is 11.1 Å². The molecule has 4 atom stereocenters. The Bertz CT molecular complexity index is 679. The van der Waals surface area contributed by atoms with Crippen LogP contribution < -0.4 is 10.6 Å². The van der Waals surface area contributed by atoms with Crippen LogP contribution in [0.4, 0.5) is 4.79 Å². The highest BCUT2D eigenvalue weighted by Crippen LogP contribution is 2.23. The number of ether oxygens (including phenoxy) is 3. The van der Waals surface area contributed by atoms with Gasteiger partial charge in [0.1, 0.15) is 25.8 Å². The quantitative estimate of drug-likeness (QED) is 0.869. The number of fused-ring (bicyclic) bond motifs is 1. The van der Waals surface area contributed by atoms with Crippen molar-refractivity contribution in [2.24, 2.45) is 0 Å². The summed E-state index contributed by atoms with van der Waals surface area (Å²) in [4.78, 5) is 12.5. The summed E-state index contributed by atoms with van der Waals surface area (Å²) in [6, 6.07) is 19.5. The van der Waals surface area contributed by atoms with Crippen molar-refractivity contribution in [2.45, 2.75) is 37.1 Å². The number of amides is 2. The molecule has 2 aromatic carbocycles. The van der Waals surface area contributed by atoms with Crippen LogP contribution in [0.2, 0.25) is 0 Å². The molecule has 0 aliphatic carbocycles. The molecule has 2 aliphatic heterocycles. The summed E-state index contributed by atoms with van der Waals surface area (Å²) in [6.07, 6.45) is 0.717. The summed E-state index contributed by atoms with van der Waals surface area (Å²) in [7, 11) is 0. The Balaban J connectivity index is 1.59. The lowest BCUT2D eigenvalue weighted by Crippen LogP contribution is -2.51. The topological polar surface area (TPSA) is 68.8 Å². The molecule has 2 heterocycles. The molecule has 2 aliphatic rings. The first-order valence-electron chi connectivity index (χ1n) is 9.25. The zero-order chi connectivity index (χ0) is 18.5. The number of carbonyl (C=O) groups excluding carboxylic acids is 1. The summed E-state index contributed by atoms with van der Waals surface area (Å²) < 4.78 is 17.3. The van der Waals surface area contributed by atoms with Gasteiger partial charge in [-0.05, 0) is 24.0 Å². The van der Waals surface area contributed by atoms with Gasteiger partial charge >= 0.3 is 6.03 Å². The lowest BCUT2D eigenvalue weighted by Gasteiger charge is -2.31. The van der Waals surface area contributed by atoms with Crippen LogP contribution in [0.3, 0.4) is 0 Å². The monoisotopic (exact) mass is 368 g/mol. The van der Waals surface area contributed by atoms with Crippen LogP contribution in [-0.2, 0) is 27.1 Å². The van der Waals surface area contributed by atoms with Crippen LogP contribution in [0.5, 0.6) is 0 Å². The standard InChI is InChI=1S/C21H24N2O4/c24-21-22-17(11-15-7-3-1-4-8-15)19-20(27-14-25-13-26-19)18(23-21)12-16-9-5-2-6-10-16/h1-10,17-20H,11-14H2,(H2,22,23,24)/t17-,18-,19+,20+/m1/s1. The largest absolute Gasteiger partial charge is 0.347 e. The highest BCUT2D eigenvalue weighted by atomic mass is 16.8. The van der Waals surface area contributed by atoms with Crippen molar-refractivity contribution in [3.63, 3.8) is 0 Å². The van der Waals surface area contributed by atoms with Gasteiger partial charge < -0.3 is 24.8 Å². The average molecular weight is 368 g/mol. The Labute approximate surface area is 158 Å². The van der Waals surface area contributed by atoms with Gasteiger partial charge in [0.25, 0.3) is 0 Å². The van der Waals surface area contributed by atoms with Crippen molar-refractivity contribution in [1.82, 2.24) is 10.6 Å². The molecule has 142 valence electrons. The van der Waals surface area contributed by atoms with Gasteiger partial charge in [-0.1, -0.05) is 60.7 Å². The molecule has 2 amide bonds. The highest BCUT2D eigenvalue weighted by Gasteiger charge is 2.42. The lowest BCUT2D eigenvalue weighted by atomic mass is 9.92. The molecule has 2 N–H and O–H groups in total. The summed E-state index contributed by atoms with van der Waals surface area (Å²) in [6.45, 7) is 0.306. The van der Waals surface area contributed by atoms with Crippen LogP contribution in [0, 0.1) is 0 Å². The van der Waals surface area contributed by atoms with Crippen molar-refractivity contribution in [3.05, 3.63) is 71.8 Å². The zero-order valence-electron chi connectivity index (χ0n) is 15.0. The fourth-order valence-corrected chi connectivity index (χ4v) is 3.78. The molecule has 4 rings (SSSR count). The molecular weight excluding hydrogens is 344 g/mol. The summed E-state index contributed by atoms with van der Waals surface area (Å²) >= 11 is 0. The first kappa shape index (κ1) is 18.0. The minimum absolute atomic E-state index is 0.153. The van der Waals surface area contributed by atoms with E-state index in [1.165, 1.54) is 0 Å². The van der Waals surface area contributed by atoms with E-state index < -0.39 is 0 Å². The van der Waals surface area contributed by atoms with Gasteiger partial charge in [-0.3, -0.25) is 0 Å². The maximum Gasteiger partial charge on any atom is 0.315 e. The fraction of sp³-hybridized carbons (Fsp3) is 0.381. The Morgan fingerprint density at radius 1 is 0.741 bits per heavy atom. The first-order valence-corrected chi connectivity index (χ1v) is 9.25. The third-order valence-corrected chi connectivity index (χ3v) is 5.03. The molecule has 2 aromatic rings. The van der Waals surface area contributed by atoms with E-state index in [1.807, 2.05) is 36.4 Å². The van der Waals surface area contributed by atoms with Crippen LogP contribution in [0.25, 0.3) is 0 Å². The van der Waals surface area contributed by atoms with E-state index in [0.717, 1.165) is 11.1 Å². The predicted molar refractivity (Wildman–Crippen MR) is 100 cm³/mol. The van der Waals surface area contributed by atoms with E-state index in [-0.39, 0.29) is 43.9 Å². The second-order valence-electron chi connectivity index (χ2n) is 6.91. The van der Waals surface area contributed by atoms with Crippen molar-refractivity contribution in [2.75, 3.05) is 13.6 Å². The van der Waals surface area contributed by atoms with Crippen molar-refractivity contribution in [1.29, 1.82) is 0 Å². The Kier molecular flexibility index (Phi) is 5.67. The predicted octanol–water partition coefficient (Wildman–Crippen LogP) is 2.24. The Hall–Kier alpha value is -2.41. The van der Waals surface area contributed by atoms with Gasteiger partial charge in [-0.15, -0.1) is 0 Å². The molecule has 2 fully saturated rings. The zero-order valence-corrected chi connectivity index (χ0v) is 15.0. The number of hydrogen-bond donors (Lipinski definition) is 2. The molecule has 0 aromatic heterocycles. The second kappa shape index (κ2) is 8.52. The number of urea groups is 1. The molecule has 0 saturated carbocycles. The minimum atomic E-state index is -0.305. The lowest BCUT2D eigenvalue weighted by molar-refractivity contribution is -0.0916. The van der Waals surface area contributed by atoms with Crippen LogP contribution >= 0.6 is 0 Å². The number of benzene rings is 2. The minimum Gasteiger partial charge on any atom is -0.347 e. The summed E-state index contributed by atoms with van der Waals surface area (Å²) in [5.74, 6) is 0. The summed E-state index contributed by atoms with van der Waals surface area (Å²) in [5.41, 5.74) is 2.27. The van der Waals surface area contributed by atoms with E-state index >= 15 is 0 Å². The highest BCUT2D eigenvalue weighted by molar-refractivity contribution is 5.75. The van der Waals surface area contributed by atoms with E-state index in [1.54, 1.807) is 0 Å². The third kappa shape index (κ3) is 4.47. The smallest absolute Gasteiger partial charge is 0.315 e. The van der Waals surface area contributed by atoms with Gasteiger partial charge in [0, 0.05) is 0 Å². The number of hydrogen-bond acceptors (Lipinski definition) is 4. The number of nitrogens with one attached hydrogen (secondary N) is 2. The van der Waals surface area contributed by atoms with Crippen LogP contribution in [-0.4, -0.2) is 43.9 Å². The van der Waals surface area contributed by atoms with Crippen LogP contribution in [0.15, 0.2) is 60.7 Å². The molecule has 0 bridgehead atoms. The maximum atomic E-state index is 12.5. The number of carbonyl (C=O) groups is 1. The fourth-order valence-electron chi connectivity index (χ4n) is 3.78. The normalized spacial score (nSPS) is 28.2. The first-order chi connectivity index (χ1) is 13.3.